The zero-order chi connectivity index (χ0) is 15.5. The molecule has 0 N–H and O–H groups in total. The molecule has 1 aliphatic carbocycles. The van der Waals surface area contributed by atoms with Gasteiger partial charge in [0.15, 0.2) is 0 Å². The Balaban J connectivity index is 1.93. The monoisotopic (exact) mass is 336 g/mol. The van der Waals surface area contributed by atoms with Crippen LogP contribution in [0.3, 0.4) is 0 Å². The van der Waals surface area contributed by atoms with E-state index < -0.39 is 10.2 Å². The van der Waals surface area contributed by atoms with Gasteiger partial charge in [-0.1, -0.05) is 13.3 Å². The molecule has 1 heterocycles. The Bertz CT molecular complexity index is 413. The number of piperidine rings is 1. The first-order valence-corrected chi connectivity index (χ1v) is 10.2. The maximum Gasteiger partial charge on any atom is 0.281 e. The van der Waals surface area contributed by atoms with Gasteiger partial charge in [0, 0.05) is 32.1 Å². The summed E-state index contributed by atoms with van der Waals surface area (Å²) >= 11 is 5.88. The summed E-state index contributed by atoms with van der Waals surface area (Å²) in [6, 6.07) is 0.184. The molecule has 2 rings (SSSR count). The third-order valence-electron chi connectivity index (χ3n) is 5.39. The van der Waals surface area contributed by atoms with Gasteiger partial charge in [-0.3, -0.25) is 0 Å². The molecule has 0 aromatic heterocycles. The topological polar surface area (TPSA) is 40.6 Å². The molecule has 21 heavy (non-hydrogen) atoms. The summed E-state index contributed by atoms with van der Waals surface area (Å²) in [5.41, 5.74) is 0. The van der Waals surface area contributed by atoms with Crippen molar-refractivity contribution < 1.29 is 8.42 Å². The van der Waals surface area contributed by atoms with E-state index >= 15 is 0 Å². The number of hydrogen-bond acceptors (Lipinski definition) is 2. The largest absolute Gasteiger partial charge is 0.281 e. The van der Waals surface area contributed by atoms with Crippen LogP contribution < -0.4 is 0 Å². The lowest BCUT2D eigenvalue weighted by molar-refractivity contribution is 0.211. The van der Waals surface area contributed by atoms with Gasteiger partial charge >= 0.3 is 0 Å². The summed E-state index contributed by atoms with van der Waals surface area (Å²) in [6.07, 6.45) is 7.33. The Morgan fingerprint density at radius 3 is 2.10 bits per heavy atom. The van der Waals surface area contributed by atoms with Crippen molar-refractivity contribution >= 4 is 21.8 Å². The second-order valence-corrected chi connectivity index (χ2v) is 8.90. The number of halogens is 1. The predicted octanol–water partition coefficient (Wildman–Crippen LogP) is 3.08. The lowest BCUT2D eigenvalue weighted by Crippen LogP contribution is -2.50. The van der Waals surface area contributed by atoms with Crippen molar-refractivity contribution in [3.63, 3.8) is 0 Å². The van der Waals surface area contributed by atoms with E-state index in [1.54, 1.807) is 15.7 Å². The average molecular weight is 337 g/mol. The van der Waals surface area contributed by atoms with E-state index in [9.17, 15) is 8.42 Å². The zero-order valence-corrected chi connectivity index (χ0v) is 14.9. The van der Waals surface area contributed by atoms with E-state index in [0.717, 1.165) is 44.4 Å². The summed E-state index contributed by atoms with van der Waals surface area (Å²) in [5, 5.41) is 0. The molecule has 0 unspecified atom stereocenters. The fourth-order valence-corrected chi connectivity index (χ4v) is 5.51. The van der Waals surface area contributed by atoms with Crippen molar-refractivity contribution in [3.8, 4) is 0 Å². The van der Waals surface area contributed by atoms with Crippen LogP contribution in [0.5, 0.6) is 0 Å². The summed E-state index contributed by atoms with van der Waals surface area (Å²) in [6.45, 7) is 3.47. The molecule has 6 heteroatoms. The highest BCUT2D eigenvalue weighted by Gasteiger charge is 2.35. The van der Waals surface area contributed by atoms with Crippen LogP contribution in [-0.4, -0.2) is 49.1 Å². The van der Waals surface area contributed by atoms with Gasteiger partial charge in [-0.05, 0) is 50.4 Å². The van der Waals surface area contributed by atoms with Crippen molar-refractivity contribution in [2.75, 3.05) is 26.0 Å². The van der Waals surface area contributed by atoms with E-state index in [1.165, 1.54) is 6.42 Å². The second kappa shape index (κ2) is 7.62. The fourth-order valence-electron chi connectivity index (χ4n) is 3.58. The van der Waals surface area contributed by atoms with Crippen LogP contribution in [0.4, 0.5) is 0 Å². The lowest BCUT2D eigenvalue weighted by Gasteiger charge is -2.38. The van der Waals surface area contributed by atoms with Crippen LogP contribution in [0, 0.1) is 11.8 Å². The Morgan fingerprint density at radius 2 is 1.62 bits per heavy atom. The molecular weight excluding hydrogens is 308 g/mol. The van der Waals surface area contributed by atoms with Crippen LogP contribution in [-0.2, 0) is 10.2 Å². The standard InChI is InChI=1S/C15H29ClN2O2S/c1-3-13-4-6-15(7-5-13)17(2)21(19,20)18-10-8-14(12-16)9-11-18/h13-15H,3-12H2,1-2H3. The second-order valence-electron chi connectivity index (χ2n) is 6.60. The number of rotatable bonds is 5. The third kappa shape index (κ3) is 4.12. The molecular formula is C15H29ClN2O2S. The van der Waals surface area contributed by atoms with Crippen molar-refractivity contribution in [3.05, 3.63) is 0 Å². The molecule has 0 bridgehead atoms. The highest BCUT2D eigenvalue weighted by atomic mass is 35.5. The lowest BCUT2D eigenvalue weighted by atomic mass is 9.85. The third-order valence-corrected chi connectivity index (χ3v) is 7.87. The van der Waals surface area contributed by atoms with Crippen LogP contribution in [0.15, 0.2) is 0 Å². The first-order chi connectivity index (χ1) is 9.98. The van der Waals surface area contributed by atoms with Gasteiger partial charge in [0.1, 0.15) is 0 Å². The van der Waals surface area contributed by atoms with Crippen LogP contribution in [0.2, 0.25) is 0 Å². The molecule has 1 aliphatic heterocycles. The molecule has 1 saturated heterocycles. The molecule has 1 saturated carbocycles. The molecule has 2 fully saturated rings. The first kappa shape index (κ1) is 17.5. The van der Waals surface area contributed by atoms with E-state index in [2.05, 4.69) is 6.92 Å². The number of nitrogens with zero attached hydrogens (tertiary/aromatic N) is 2. The van der Waals surface area contributed by atoms with Gasteiger partial charge in [0.2, 0.25) is 0 Å². The summed E-state index contributed by atoms with van der Waals surface area (Å²) < 4.78 is 28.8. The van der Waals surface area contributed by atoms with Crippen molar-refractivity contribution in [2.45, 2.75) is 57.9 Å². The summed E-state index contributed by atoms with van der Waals surface area (Å²) in [7, 11) is -1.53. The molecule has 0 aromatic carbocycles. The average Bonchev–Trinajstić information content (AvgIpc) is 2.54. The maximum atomic E-state index is 12.7. The highest BCUT2D eigenvalue weighted by molar-refractivity contribution is 7.86. The van der Waals surface area contributed by atoms with Crippen LogP contribution >= 0.6 is 11.6 Å². The molecule has 0 spiro atoms. The summed E-state index contributed by atoms with van der Waals surface area (Å²) in [4.78, 5) is 0. The molecule has 4 nitrogen and oxygen atoms in total. The van der Waals surface area contributed by atoms with E-state index in [4.69, 9.17) is 11.6 Å². The van der Waals surface area contributed by atoms with Crippen molar-refractivity contribution in [2.24, 2.45) is 11.8 Å². The minimum absolute atomic E-state index is 0.184. The molecule has 0 atom stereocenters. The van der Waals surface area contributed by atoms with Gasteiger partial charge in [-0.25, -0.2) is 0 Å². The number of hydrogen-bond donors (Lipinski definition) is 0. The van der Waals surface area contributed by atoms with E-state index in [1.807, 2.05) is 0 Å². The van der Waals surface area contributed by atoms with Gasteiger partial charge < -0.3 is 0 Å². The predicted molar refractivity (Wildman–Crippen MR) is 87.7 cm³/mol. The van der Waals surface area contributed by atoms with E-state index in [-0.39, 0.29) is 6.04 Å². The zero-order valence-electron chi connectivity index (χ0n) is 13.3. The quantitative estimate of drug-likeness (QED) is 0.724. The molecule has 0 radical (unpaired) electrons. The Morgan fingerprint density at radius 1 is 1.05 bits per heavy atom. The van der Waals surface area contributed by atoms with Gasteiger partial charge in [0.25, 0.3) is 10.2 Å². The minimum Gasteiger partial charge on any atom is -0.195 e. The summed E-state index contributed by atoms with van der Waals surface area (Å²) in [5.74, 6) is 1.91. The first-order valence-electron chi connectivity index (χ1n) is 8.28. The minimum atomic E-state index is -3.29. The van der Waals surface area contributed by atoms with Gasteiger partial charge in [-0.2, -0.15) is 17.0 Å². The highest BCUT2D eigenvalue weighted by Crippen LogP contribution is 2.31. The Kier molecular flexibility index (Phi) is 6.36. The Hall–Kier alpha value is 0.160. The normalized spacial score (nSPS) is 29.9. The molecule has 0 amide bonds. The van der Waals surface area contributed by atoms with Gasteiger partial charge in [-0.15, -0.1) is 11.6 Å². The smallest absolute Gasteiger partial charge is 0.195 e. The van der Waals surface area contributed by atoms with Crippen LogP contribution in [0.25, 0.3) is 0 Å². The SMILES string of the molecule is CCC1CCC(N(C)S(=O)(=O)N2CCC(CCl)CC2)CC1. The van der Waals surface area contributed by atoms with Crippen molar-refractivity contribution in [1.29, 1.82) is 0 Å². The molecule has 124 valence electrons. The maximum absolute atomic E-state index is 12.7. The molecule has 0 aromatic rings. The fraction of sp³-hybridized carbons (Fsp3) is 1.00. The number of alkyl halides is 1. The van der Waals surface area contributed by atoms with E-state index in [0.29, 0.717) is 24.9 Å². The Labute approximate surface area is 135 Å². The van der Waals surface area contributed by atoms with Crippen LogP contribution in [0.1, 0.15) is 51.9 Å². The van der Waals surface area contributed by atoms with Gasteiger partial charge in [0.05, 0.1) is 0 Å². The molecule has 2 aliphatic rings. The van der Waals surface area contributed by atoms with Crippen molar-refractivity contribution in [1.82, 2.24) is 8.61 Å².